The fourth-order valence-electron chi connectivity index (χ4n) is 5.75. The van der Waals surface area contributed by atoms with Gasteiger partial charge in [0, 0.05) is 36.7 Å². The van der Waals surface area contributed by atoms with Gasteiger partial charge in [-0.2, -0.15) is 0 Å². The Morgan fingerprint density at radius 3 is 2.72 bits per heavy atom. The van der Waals surface area contributed by atoms with Gasteiger partial charge < -0.3 is 15.4 Å². The second-order valence-electron chi connectivity index (χ2n) is 10.3. The Morgan fingerprint density at radius 1 is 1.19 bits per heavy atom. The average molecular weight is 496 g/mol. The van der Waals surface area contributed by atoms with Crippen LogP contribution >= 0.6 is 0 Å². The first kappa shape index (κ1) is 26.1. The lowest BCUT2D eigenvalue weighted by Gasteiger charge is -2.36. The largest absolute Gasteiger partial charge is 0.491 e. The first-order valence-corrected chi connectivity index (χ1v) is 13.1. The van der Waals surface area contributed by atoms with Crippen LogP contribution in [0.4, 0.5) is 4.39 Å². The number of hydrogen-bond acceptors (Lipinski definition) is 4. The Balaban J connectivity index is 1.37. The van der Waals surface area contributed by atoms with Gasteiger partial charge in [-0.15, -0.1) is 0 Å². The molecule has 4 atom stereocenters. The van der Waals surface area contributed by atoms with Crippen molar-refractivity contribution in [3.05, 3.63) is 64.5 Å². The maximum absolute atomic E-state index is 13.4. The van der Waals surface area contributed by atoms with Crippen LogP contribution in [0.2, 0.25) is 0 Å². The van der Waals surface area contributed by atoms with E-state index >= 15 is 0 Å². The molecule has 7 heteroatoms. The van der Waals surface area contributed by atoms with E-state index in [1.54, 1.807) is 12.1 Å². The zero-order chi connectivity index (χ0) is 25.8. The molecular formula is C29H38FN3O3. The zero-order valence-electron chi connectivity index (χ0n) is 21.8. The molecule has 6 nitrogen and oxygen atoms in total. The lowest BCUT2D eigenvalue weighted by Crippen LogP contribution is -2.39. The van der Waals surface area contributed by atoms with Gasteiger partial charge in [-0.25, -0.2) is 4.39 Å². The number of nitrogens with one attached hydrogen (secondary N) is 2. The molecule has 2 aliphatic rings. The van der Waals surface area contributed by atoms with Crippen molar-refractivity contribution in [1.29, 1.82) is 0 Å². The fraction of sp³-hybridized carbons (Fsp3) is 0.517. The summed E-state index contributed by atoms with van der Waals surface area (Å²) in [6, 6.07) is 11.2. The molecule has 2 aliphatic heterocycles. The van der Waals surface area contributed by atoms with E-state index in [1.807, 2.05) is 0 Å². The molecule has 2 N–H and O–H groups in total. The van der Waals surface area contributed by atoms with Crippen molar-refractivity contribution in [2.45, 2.75) is 84.0 Å². The third-order valence-electron chi connectivity index (χ3n) is 7.90. The first-order valence-electron chi connectivity index (χ1n) is 13.1. The number of amides is 2. The smallest absolute Gasteiger partial charge is 0.251 e. The summed E-state index contributed by atoms with van der Waals surface area (Å²) in [6.45, 7) is 9.83. The number of carbonyl (C=O) groups excluding carboxylic acids is 2. The first-order chi connectivity index (χ1) is 17.2. The summed E-state index contributed by atoms with van der Waals surface area (Å²) in [5.74, 6) is 0.332. The molecular weight excluding hydrogens is 457 g/mol. The second kappa shape index (κ2) is 11.4. The van der Waals surface area contributed by atoms with Crippen molar-refractivity contribution in [3.8, 4) is 5.75 Å². The van der Waals surface area contributed by atoms with Crippen LogP contribution in [0.1, 0.15) is 79.0 Å². The van der Waals surface area contributed by atoms with Crippen LogP contribution in [0.25, 0.3) is 0 Å². The van der Waals surface area contributed by atoms with Gasteiger partial charge in [0.2, 0.25) is 5.91 Å². The number of benzene rings is 2. The van der Waals surface area contributed by atoms with E-state index in [0.29, 0.717) is 37.2 Å². The van der Waals surface area contributed by atoms with Crippen LogP contribution in [-0.4, -0.2) is 48.0 Å². The van der Waals surface area contributed by atoms with Crippen molar-refractivity contribution in [2.24, 2.45) is 0 Å². The lowest BCUT2D eigenvalue weighted by molar-refractivity contribution is -0.119. The van der Waals surface area contributed by atoms with Gasteiger partial charge in [-0.1, -0.05) is 12.1 Å². The molecule has 3 unspecified atom stereocenters. The third kappa shape index (κ3) is 5.89. The highest BCUT2D eigenvalue weighted by atomic mass is 19.1. The number of halogens is 1. The van der Waals surface area contributed by atoms with E-state index in [1.165, 1.54) is 23.3 Å². The average Bonchev–Trinajstić information content (AvgIpc) is 3.44. The molecule has 2 amide bonds. The van der Waals surface area contributed by atoms with Crippen molar-refractivity contribution >= 4 is 11.8 Å². The topological polar surface area (TPSA) is 70.7 Å². The lowest BCUT2D eigenvalue weighted by atomic mass is 9.95. The van der Waals surface area contributed by atoms with Gasteiger partial charge in [0.15, 0.2) is 0 Å². The maximum atomic E-state index is 13.4. The number of rotatable bonds is 9. The summed E-state index contributed by atoms with van der Waals surface area (Å²) < 4.78 is 19.5. The Labute approximate surface area is 213 Å². The second-order valence-corrected chi connectivity index (χ2v) is 10.3. The van der Waals surface area contributed by atoms with E-state index in [9.17, 15) is 14.0 Å². The molecule has 2 aromatic rings. The molecule has 0 bridgehead atoms. The predicted molar refractivity (Wildman–Crippen MR) is 139 cm³/mol. The van der Waals surface area contributed by atoms with Gasteiger partial charge in [0.1, 0.15) is 18.2 Å². The van der Waals surface area contributed by atoms with E-state index in [-0.39, 0.29) is 23.9 Å². The Bertz CT molecular complexity index is 1110. The molecule has 2 fully saturated rings. The monoisotopic (exact) mass is 495 g/mol. The number of nitrogens with zero attached hydrogens (tertiary/aromatic N) is 1. The quantitative estimate of drug-likeness (QED) is 0.523. The van der Waals surface area contributed by atoms with Crippen LogP contribution in [0.3, 0.4) is 0 Å². The molecule has 0 spiro atoms. The molecule has 0 aliphatic carbocycles. The van der Waals surface area contributed by atoms with Gasteiger partial charge in [-0.3, -0.25) is 14.5 Å². The Morgan fingerprint density at radius 2 is 2.00 bits per heavy atom. The highest BCUT2D eigenvalue weighted by Crippen LogP contribution is 2.38. The molecule has 2 saturated heterocycles. The van der Waals surface area contributed by atoms with Gasteiger partial charge in [-0.05, 0) is 94.3 Å². The number of hydrogen-bond donors (Lipinski definition) is 2. The Hall–Kier alpha value is -2.93. The highest BCUT2D eigenvalue weighted by Gasteiger charge is 2.35. The number of carbonyl (C=O) groups is 2. The Kier molecular flexibility index (Phi) is 8.29. The van der Waals surface area contributed by atoms with Crippen LogP contribution in [0.15, 0.2) is 36.4 Å². The highest BCUT2D eigenvalue weighted by molar-refractivity contribution is 5.94. The molecule has 0 radical (unpaired) electrons. The summed E-state index contributed by atoms with van der Waals surface area (Å²) in [5, 5.41) is 5.92. The molecule has 194 valence electrons. The van der Waals surface area contributed by atoms with E-state index < -0.39 is 5.82 Å². The van der Waals surface area contributed by atoms with Crippen LogP contribution < -0.4 is 15.4 Å². The SMILES string of the molecule is Cc1c(OC[C@@H]2CCC(=O)N2)ccc(C(C)N2C(C)CCC2CCNC(=O)c2cccc(F)c2)c1C. The molecule has 2 heterocycles. The van der Waals surface area contributed by atoms with Gasteiger partial charge in [0.05, 0.1) is 6.04 Å². The van der Waals surface area contributed by atoms with E-state index in [4.69, 9.17) is 4.74 Å². The van der Waals surface area contributed by atoms with Crippen LogP contribution in [0, 0.1) is 19.7 Å². The van der Waals surface area contributed by atoms with Crippen molar-refractivity contribution < 1.29 is 18.7 Å². The van der Waals surface area contributed by atoms with Crippen molar-refractivity contribution in [2.75, 3.05) is 13.2 Å². The van der Waals surface area contributed by atoms with Crippen molar-refractivity contribution in [1.82, 2.24) is 15.5 Å². The summed E-state index contributed by atoms with van der Waals surface area (Å²) in [7, 11) is 0. The van der Waals surface area contributed by atoms with E-state index in [0.717, 1.165) is 37.0 Å². The minimum atomic E-state index is -0.403. The van der Waals surface area contributed by atoms with Gasteiger partial charge >= 0.3 is 0 Å². The third-order valence-corrected chi connectivity index (χ3v) is 7.90. The summed E-state index contributed by atoms with van der Waals surface area (Å²) in [4.78, 5) is 26.4. The fourth-order valence-corrected chi connectivity index (χ4v) is 5.75. The maximum Gasteiger partial charge on any atom is 0.251 e. The van der Waals surface area contributed by atoms with E-state index in [2.05, 4.69) is 55.4 Å². The van der Waals surface area contributed by atoms with Crippen molar-refractivity contribution in [3.63, 3.8) is 0 Å². The summed E-state index contributed by atoms with van der Waals surface area (Å²) in [6.07, 6.45) is 4.46. The normalized spacial score (nSPS) is 22.9. The standard InChI is InChI=1S/C29H38FN3O3/c1-18-8-10-25(14-15-31-29(35)22-6-5-7-23(30)16-22)33(18)21(4)26-11-12-27(20(3)19(26)2)36-17-24-9-13-28(34)32-24/h5-7,11-12,16,18,21,24-25H,8-10,13-15,17H2,1-4H3,(H,31,35)(H,32,34)/t18?,21?,24-,25?/m0/s1. The van der Waals surface area contributed by atoms with Crippen LogP contribution in [0.5, 0.6) is 5.75 Å². The number of ether oxygens (including phenoxy) is 1. The summed E-state index contributed by atoms with van der Waals surface area (Å²) >= 11 is 0. The molecule has 2 aromatic carbocycles. The summed E-state index contributed by atoms with van der Waals surface area (Å²) in [5.41, 5.74) is 4.00. The minimum absolute atomic E-state index is 0.0865. The minimum Gasteiger partial charge on any atom is -0.491 e. The van der Waals surface area contributed by atoms with Crippen LogP contribution in [-0.2, 0) is 4.79 Å². The molecule has 0 aromatic heterocycles. The molecule has 4 rings (SSSR count). The molecule has 36 heavy (non-hydrogen) atoms. The predicted octanol–water partition coefficient (Wildman–Crippen LogP) is 4.83. The molecule has 0 saturated carbocycles. The zero-order valence-corrected chi connectivity index (χ0v) is 21.8. The number of likely N-dealkylation sites (tertiary alicyclic amines) is 1. The van der Waals surface area contributed by atoms with Gasteiger partial charge in [0.25, 0.3) is 5.91 Å².